The average molecular weight is 336 g/mol. The first kappa shape index (κ1) is 13.1. The van der Waals surface area contributed by atoms with Crippen LogP contribution in [0.2, 0.25) is 0 Å². The monoisotopic (exact) mass is 336 g/mol. The Kier molecular flexibility index (Phi) is 5.40. The molecule has 0 unspecified atom stereocenters. The van der Waals surface area contributed by atoms with Crippen LogP contribution in [-0.2, 0) is 4.74 Å². The lowest BCUT2D eigenvalue weighted by Gasteiger charge is -2.32. The Bertz CT molecular complexity index is 191. The van der Waals surface area contributed by atoms with E-state index in [0.717, 1.165) is 12.5 Å². The topological polar surface area (TPSA) is 9.23 Å². The van der Waals surface area contributed by atoms with Gasteiger partial charge in [0.25, 0.3) is 0 Å². The van der Waals surface area contributed by atoms with Gasteiger partial charge in [-0.1, -0.05) is 61.1 Å². The molecule has 0 spiro atoms. The fraction of sp³-hybridized carbons (Fsp3) is 1.00. The molecule has 0 aromatic heterocycles. The Labute approximate surface area is 114 Å². The molecule has 2 rings (SSSR count). The lowest BCUT2D eigenvalue weighted by molar-refractivity contribution is -0.0512. The fourth-order valence-electron chi connectivity index (χ4n) is 3.16. The van der Waals surface area contributed by atoms with Gasteiger partial charge in [-0.15, -0.1) is 0 Å². The molecule has 0 aromatic carbocycles. The van der Waals surface area contributed by atoms with Gasteiger partial charge in [-0.2, -0.15) is 0 Å². The zero-order chi connectivity index (χ0) is 11.3. The maximum atomic E-state index is 6.38. The van der Waals surface area contributed by atoms with Gasteiger partial charge in [0, 0.05) is 4.43 Å². The highest BCUT2D eigenvalue weighted by molar-refractivity contribution is 14.1. The number of alkyl halides is 1. The van der Waals surface area contributed by atoms with Crippen molar-refractivity contribution in [3.05, 3.63) is 0 Å². The number of hydrogen-bond acceptors (Lipinski definition) is 1. The SMILES string of the molecule is ICC1(OCC2CCCC2)CCCCCC1. The molecule has 0 amide bonds. The lowest BCUT2D eigenvalue weighted by atomic mass is 9.96. The molecule has 1 nitrogen and oxygen atoms in total. The van der Waals surface area contributed by atoms with Gasteiger partial charge in [0.2, 0.25) is 0 Å². The summed E-state index contributed by atoms with van der Waals surface area (Å²) in [7, 11) is 0. The molecule has 0 N–H and O–H groups in total. The van der Waals surface area contributed by atoms with Crippen molar-refractivity contribution in [2.45, 2.75) is 69.8 Å². The Hall–Kier alpha value is 0.690. The second kappa shape index (κ2) is 6.58. The Morgan fingerprint density at radius 3 is 2.12 bits per heavy atom. The van der Waals surface area contributed by atoms with Crippen LogP contribution in [0.5, 0.6) is 0 Å². The Balaban J connectivity index is 1.81. The van der Waals surface area contributed by atoms with Crippen LogP contribution in [0.4, 0.5) is 0 Å². The lowest BCUT2D eigenvalue weighted by Crippen LogP contribution is -2.35. The number of ether oxygens (including phenoxy) is 1. The first-order valence-corrected chi connectivity index (χ1v) is 8.57. The quantitative estimate of drug-likeness (QED) is 0.410. The van der Waals surface area contributed by atoms with E-state index in [-0.39, 0.29) is 5.60 Å². The van der Waals surface area contributed by atoms with E-state index >= 15 is 0 Å². The summed E-state index contributed by atoms with van der Waals surface area (Å²) in [5.41, 5.74) is 0.250. The summed E-state index contributed by atoms with van der Waals surface area (Å²) >= 11 is 2.54. The minimum Gasteiger partial charge on any atom is -0.374 e. The third-order valence-corrected chi connectivity index (χ3v) is 5.75. The molecule has 2 aliphatic rings. The molecule has 0 aliphatic heterocycles. The van der Waals surface area contributed by atoms with Gasteiger partial charge in [0.05, 0.1) is 12.2 Å². The second-order valence-corrected chi connectivity index (χ2v) is 6.46. The van der Waals surface area contributed by atoms with Gasteiger partial charge < -0.3 is 4.74 Å². The van der Waals surface area contributed by atoms with E-state index in [1.54, 1.807) is 0 Å². The molecule has 94 valence electrons. The van der Waals surface area contributed by atoms with E-state index in [1.165, 1.54) is 68.6 Å². The predicted octanol–water partition coefficient (Wildman–Crippen LogP) is 4.72. The molecule has 2 aliphatic carbocycles. The van der Waals surface area contributed by atoms with Crippen molar-refractivity contribution in [1.29, 1.82) is 0 Å². The molecule has 0 radical (unpaired) electrons. The van der Waals surface area contributed by atoms with Crippen molar-refractivity contribution in [3.63, 3.8) is 0 Å². The zero-order valence-corrected chi connectivity index (χ0v) is 12.5. The highest BCUT2D eigenvalue weighted by atomic mass is 127. The minimum absolute atomic E-state index is 0.250. The summed E-state index contributed by atoms with van der Waals surface area (Å²) in [6, 6.07) is 0. The molecule has 16 heavy (non-hydrogen) atoms. The van der Waals surface area contributed by atoms with E-state index in [4.69, 9.17) is 4.74 Å². The van der Waals surface area contributed by atoms with Crippen LogP contribution in [0.1, 0.15) is 64.2 Å². The van der Waals surface area contributed by atoms with Crippen LogP contribution in [0.3, 0.4) is 0 Å². The molecule has 0 aromatic rings. The van der Waals surface area contributed by atoms with E-state index < -0.39 is 0 Å². The van der Waals surface area contributed by atoms with Crippen LogP contribution in [-0.4, -0.2) is 16.6 Å². The van der Waals surface area contributed by atoms with E-state index in [2.05, 4.69) is 22.6 Å². The van der Waals surface area contributed by atoms with Gasteiger partial charge >= 0.3 is 0 Å². The molecule has 0 saturated heterocycles. The zero-order valence-electron chi connectivity index (χ0n) is 10.3. The number of rotatable bonds is 4. The van der Waals surface area contributed by atoms with Crippen molar-refractivity contribution in [3.8, 4) is 0 Å². The molecular weight excluding hydrogens is 311 g/mol. The first-order chi connectivity index (χ1) is 7.85. The third kappa shape index (κ3) is 3.59. The molecule has 2 fully saturated rings. The van der Waals surface area contributed by atoms with Crippen LogP contribution >= 0.6 is 22.6 Å². The first-order valence-electron chi connectivity index (χ1n) is 7.05. The molecule has 0 bridgehead atoms. The average Bonchev–Trinajstić information content (AvgIpc) is 2.72. The van der Waals surface area contributed by atoms with Gasteiger partial charge in [0.1, 0.15) is 0 Å². The normalized spacial score (nSPS) is 26.8. The number of hydrogen-bond donors (Lipinski definition) is 0. The second-order valence-electron chi connectivity index (χ2n) is 5.69. The van der Waals surface area contributed by atoms with E-state index in [9.17, 15) is 0 Å². The van der Waals surface area contributed by atoms with E-state index in [1.807, 2.05) is 0 Å². The van der Waals surface area contributed by atoms with Crippen molar-refractivity contribution >= 4 is 22.6 Å². The van der Waals surface area contributed by atoms with Crippen LogP contribution in [0.25, 0.3) is 0 Å². The van der Waals surface area contributed by atoms with E-state index in [0.29, 0.717) is 0 Å². The number of halogens is 1. The molecular formula is C14H25IO. The van der Waals surface area contributed by atoms with Crippen molar-refractivity contribution in [1.82, 2.24) is 0 Å². The highest BCUT2D eigenvalue weighted by Gasteiger charge is 2.31. The summed E-state index contributed by atoms with van der Waals surface area (Å²) in [5.74, 6) is 0.878. The molecule has 0 heterocycles. The van der Waals surface area contributed by atoms with Gasteiger partial charge in [-0.3, -0.25) is 0 Å². The highest BCUT2D eigenvalue weighted by Crippen LogP contribution is 2.34. The molecule has 2 saturated carbocycles. The summed E-state index contributed by atoms with van der Waals surface area (Å²) in [4.78, 5) is 0. The maximum Gasteiger partial charge on any atom is 0.0771 e. The minimum atomic E-state index is 0.250. The molecule has 0 atom stereocenters. The third-order valence-electron chi connectivity index (χ3n) is 4.36. The van der Waals surface area contributed by atoms with Crippen LogP contribution in [0.15, 0.2) is 0 Å². The fourth-order valence-corrected chi connectivity index (χ4v) is 4.14. The summed E-state index contributed by atoms with van der Waals surface area (Å²) < 4.78 is 7.57. The maximum absolute atomic E-state index is 6.38. The largest absolute Gasteiger partial charge is 0.374 e. The van der Waals surface area contributed by atoms with Crippen LogP contribution < -0.4 is 0 Å². The summed E-state index contributed by atoms with van der Waals surface area (Å²) in [6.07, 6.45) is 13.9. The van der Waals surface area contributed by atoms with Crippen LogP contribution in [0, 0.1) is 5.92 Å². The summed E-state index contributed by atoms with van der Waals surface area (Å²) in [5, 5.41) is 0. The Morgan fingerprint density at radius 1 is 0.938 bits per heavy atom. The molecule has 2 heteroatoms. The standard InChI is InChI=1S/C14H25IO/c15-12-14(9-5-1-2-6-10-14)16-11-13-7-3-4-8-13/h13H,1-12H2. The van der Waals surface area contributed by atoms with Crippen molar-refractivity contribution in [2.75, 3.05) is 11.0 Å². The summed E-state index contributed by atoms with van der Waals surface area (Å²) in [6.45, 7) is 1.04. The predicted molar refractivity (Wildman–Crippen MR) is 77.2 cm³/mol. The van der Waals surface area contributed by atoms with Crippen molar-refractivity contribution < 1.29 is 4.74 Å². The van der Waals surface area contributed by atoms with Crippen molar-refractivity contribution in [2.24, 2.45) is 5.92 Å². The Morgan fingerprint density at radius 2 is 1.56 bits per heavy atom. The smallest absolute Gasteiger partial charge is 0.0771 e. The van der Waals surface area contributed by atoms with Gasteiger partial charge in [-0.25, -0.2) is 0 Å². The van der Waals surface area contributed by atoms with Gasteiger partial charge in [0.15, 0.2) is 0 Å². The van der Waals surface area contributed by atoms with Gasteiger partial charge in [-0.05, 0) is 31.6 Å².